The number of ketones is 2. The maximum atomic E-state index is 12.2. The highest BCUT2D eigenvalue weighted by Crippen LogP contribution is 2.21. The Hall–Kier alpha value is -2.40. The van der Waals surface area contributed by atoms with Crippen molar-refractivity contribution in [3.63, 3.8) is 0 Å². The van der Waals surface area contributed by atoms with Gasteiger partial charge in [0.05, 0.1) is 0 Å². The van der Waals surface area contributed by atoms with Crippen molar-refractivity contribution < 1.29 is 19.1 Å². The van der Waals surface area contributed by atoms with Gasteiger partial charge >= 0.3 is 0 Å². The van der Waals surface area contributed by atoms with Gasteiger partial charge in [0.15, 0.2) is 11.6 Å². The van der Waals surface area contributed by atoms with E-state index < -0.39 is 18.9 Å². The number of Topliss-reactive ketones (excluding diaryl/α,β-unsaturated/α-hetero) is 2. The maximum absolute atomic E-state index is 12.2. The van der Waals surface area contributed by atoms with Crippen LogP contribution in [0.15, 0.2) is 48.5 Å². The standard InChI is InChI=1S/C28H40O4Si/c1-9-33(10-2,23-15-11-21(12-16-23)31-19-25(29)27(3,4)5)24-17-13-22(14-18-24)32-20-26(30)28(6,7)8/h11-18H,9-10,19-20H2,1-8H3. The van der Waals surface area contributed by atoms with Gasteiger partial charge in [-0.15, -0.1) is 0 Å². The summed E-state index contributed by atoms with van der Waals surface area (Å²) in [7, 11) is -1.94. The summed E-state index contributed by atoms with van der Waals surface area (Å²) in [5, 5.41) is 2.69. The Morgan fingerprint density at radius 3 is 1.18 bits per heavy atom. The van der Waals surface area contributed by atoms with E-state index in [-0.39, 0.29) is 24.8 Å². The van der Waals surface area contributed by atoms with Crippen LogP contribution < -0.4 is 19.8 Å². The Bertz CT molecular complexity index is 852. The van der Waals surface area contributed by atoms with Crippen LogP contribution in [0.2, 0.25) is 12.1 Å². The van der Waals surface area contributed by atoms with E-state index in [4.69, 9.17) is 9.47 Å². The first kappa shape index (κ1) is 26.8. The Kier molecular flexibility index (Phi) is 8.69. The minimum absolute atomic E-state index is 0.0870. The minimum Gasteiger partial charge on any atom is -0.486 e. The van der Waals surface area contributed by atoms with Gasteiger partial charge in [-0.3, -0.25) is 9.59 Å². The third-order valence-electron chi connectivity index (χ3n) is 6.43. The first-order valence-corrected chi connectivity index (χ1v) is 14.3. The third kappa shape index (κ3) is 6.79. The molecule has 5 heteroatoms. The number of hydrogen-bond donors (Lipinski definition) is 0. The fourth-order valence-corrected chi connectivity index (χ4v) is 7.78. The molecule has 0 fully saturated rings. The van der Waals surface area contributed by atoms with E-state index >= 15 is 0 Å². The highest BCUT2D eigenvalue weighted by Gasteiger charge is 2.33. The Morgan fingerprint density at radius 2 is 0.939 bits per heavy atom. The zero-order valence-electron chi connectivity index (χ0n) is 21.6. The zero-order chi connectivity index (χ0) is 24.9. The summed E-state index contributed by atoms with van der Waals surface area (Å²) in [6.45, 7) is 16.1. The van der Waals surface area contributed by atoms with Gasteiger partial charge in [-0.05, 0) is 24.3 Å². The van der Waals surface area contributed by atoms with Crippen molar-refractivity contribution in [2.45, 2.75) is 67.5 Å². The Labute approximate surface area is 200 Å². The summed E-state index contributed by atoms with van der Waals surface area (Å²) in [5.41, 5.74) is -0.801. The molecule has 0 aliphatic heterocycles. The van der Waals surface area contributed by atoms with E-state index in [1.165, 1.54) is 10.4 Å². The molecule has 0 aliphatic rings. The lowest BCUT2D eigenvalue weighted by molar-refractivity contribution is -0.128. The van der Waals surface area contributed by atoms with Crippen LogP contribution in [0.4, 0.5) is 0 Å². The molecule has 0 saturated carbocycles. The van der Waals surface area contributed by atoms with Crippen LogP contribution in [0.3, 0.4) is 0 Å². The topological polar surface area (TPSA) is 52.6 Å². The molecule has 0 unspecified atom stereocenters. The molecule has 0 N–H and O–H groups in total. The van der Waals surface area contributed by atoms with Crippen molar-refractivity contribution in [3.05, 3.63) is 48.5 Å². The van der Waals surface area contributed by atoms with Crippen molar-refractivity contribution in [1.82, 2.24) is 0 Å². The molecular formula is C28H40O4Si. The number of carbonyl (C=O) groups is 2. The average molecular weight is 469 g/mol. The van der Waals surface area contributed by atoms with Crippen LogP contribution in [0.25, 0.3) is 0 Å². The SMILES string of the molecule is CC[Si](CC)(c1ccc(OCC(=O)C(C)(C)C)cc1)c1ccc(OCC(=O)C(C)(C)C)cc1. The van der Waals surface area contributed by atoms with Crippen LogP contribution >= 0.6 is 0 Å². The van der Waals surface area contributed by atoms with Crippen LogP contribution in [0, 0.1) is 10.8 Å². The van der Waals surface area contributed by atoms with Crippen LogP contribution in [-0.4, -0.2) is 32.9 Å². The van der Waals surface area contributed by atoms with Gasteiger partial charge in [0.1, 0.15) is 32.8 Å². The third-order valence-corrected chi connectivity index (χ3v) is 11.7. The predicted octanol–water partition coefficient (Wildman–Crippen LogP) is 5.28. The van der Waals surface area contributed by atoms with Gasteiger partial charge in [-0.25, -0.2) is 0 Å². The minimum atomic E-state index is -1.94. The summed E-state index contributed by atoms with van der Waals surface area (Å²) in [4.78, 5) is 24.3. The number of carbonyl (C=O) groups excluding carboxylic acids is 2. The second kappa shape index (κ2) is 10.7. The van der Waals surface area contributed by atoms with E-state index in [2.05, 4.69) is 38.1 Å². The zero-order valence-corrected chi connectivity index (χ0v) is 22.6. The van der Waals surface area contributed by atoms with Crippen LogP contribution in [-0.2, 0) is 9.59 Å². The second-order valence-corrected chi connectivity index (χ2v) is 15.5. The number of rotatable bonds is 10. The molecular weight excluding hydrogens is 428 g/mol. The summed E-state index contributed by atoms with van der Waals surface area (Å²) < 4.78 is 11.5. The molecule has 2 aromatic carbocycles. The van der Waals surface area contributed by atoms with E-state index in [1.54, 1.807) is 0 Å². The lowest BCUT2D eigenvalue weighted by Crippen LogP contribution is -2.57. The molecule has 2 aromatic rings. The first-order valence-electron chi connectivity index (χ1n) is 11.9. The van der Waals surface area contributed by atoms with Crippen LogP contribution in [0.1, 0.15) is 55.4 Å². The van der Waals surface area contributed by atoms with Gasteiger partial charge in [-0.2, -0.15) is 0 Å². The second-order valence-electron chi connectivity index (χ2n) is 10.8. The molecule has 0 spiro atoms. The van der Waals surface area contributed by atoms with Crippen LogP contribution in [0.5, 0.6) is 11.5 Å². The van der Waals surface area contributed by atoms with E-state index in [9.17, 15) is 9.59 Å². The molecule has 4 nitrogen and oxygen atoms in total. The van der Waals surface area contributed by atoms with Gasteiger partial charge in [0.2, 0.25) is 0 Å². The molecule has 0 aromatic heterocycles. The van der Waals surface area contributed by atoms with Crippen molar-refractivity contribution in [2.75, 3.05) is 13.2 Å². The summed E-state index contributed by atoms with van der Waals surface area (Å²) in [5.74, 6) is 1.62. The summed E-state index contributed by atoms with van der Waals surface area (Å²) in [6, 6.07) is 18.7. The molecule has 0 aliphatic carbocycles. The van der Waals surface area contributed by atoms with Crippen molar-refractivity contribution in [3.8, 4) is 11.5 Å². The monoisotopic (exact) mass is 468 g/mol. The summed E-state index contributed by atoms with van der Waals surface area (Å²) >= 11 is 0. The van der Waals surface area contributed by atoms with Crippen molar-refractivity contribution >= 4 is 30.0 Å². The van der Waals surface area contributed by atoms with Crippen molar-refractivity contribution in [2.24, 2.45) is 10.8 Å². The van der Waals surface area contributed by atoms with Gasteiger partial charge < -0.3 is 9.47 Å². The first-order chi connectivity index (χ1) is 15.3. The Morgan fingerprint density at radius 1 is 0.636 bits per heavy atom. The van der Waals surface area contributed by atoms with Crippen molar-refractivity contribution in [1.29, 1.82) is 0 Å². The maximum Gasteiger partial charge on any atom is 0.175 e. The molecule has 0 amide bonds. The fraction of sp³-hybridized carbons (Fsp3) is 0.500. The molecule has 0 heterocycles. The predicted molar refractivity (Wildman–Crippen MR) is 139 cm³/mol. The quantitative estimate of drug-likeness (QED) is 0.445. The fourth-order valence-electron chi connectivity index (χ4n) is 3.70. The lowest BCUT2D eigenvalue weighted by atomic mass is 9.91. The number of benzene rings is 2. The lowest BCUT2D eigenvalue weighted by Gasteiger charge is -2.31. The number of ether oxygens (including phenoxy) is 2. The highest BCUT2D eigenvalue weighted by molar-refractivity contribution is 7.02. The molecule has 180 valence electrons. The highest BCUT2D eigenvalue weighted by atomic mass is 28.3. The summed E-state index contributed by atoms with van der Waals surface area (Å²) in [6.07, 6.45) is 0. The van der Waals surface area contributed by atoms with E-state index in [0.29, 0.717) is 0 Å². The normalized spacial score (nSPS) is 12.4. The number of hydrogen-bond acceptors (Lipinski definition) is 4. The van der Waals surface area contributed by atoms with E-state index in [1.807, 2.05) is 65.8 Å². The molecule has 0 radical (unpaired) electrons. The molecule has 0 atom stereocenters. The average Bonchev–Trinajstić information content (AvgIpc) is 2.77. The van der Waals surface area contributed by atoms with E-state index in [0.717, 1.165) is 23.6 Å². The van der Waals surface area contributed by atoms with Gasteiger partial charge in [0.25, 0.3) is 0 Å². The molecule has 2 rings (SSSR count). The molecule has 33 heavy (non-hydrogen) atoms. The molecule has 0 bridgehead atoms. The molecule has 0 saturated heterocycles. The largest absolute Gasteiger partial charge is 0.486 e. The van der Waals surface area contributed by atoms with Gasteiger partial charge in [0, 0.05) is 10.8 Å². The van der Waals surface area contributed by atoms with Gasteiger partial charge in [-0.1, -0.05) is 102 Å². The Balaban J connectivity index is 2.17. The smallest absolute Gasteiger partial charge is 0.175 e.